The van der Waals surface area contributed by atoms with Gasteiger partial charge in [0.15, 0.2) is 0 Å². The van der Waals surface area contributed by atoms with E-state index in [9.17, 15) is 10.1 Å². The zero-order valence-electron chi connectivity index (χ0n) is 10.4. The van der Waals surface area contributed by atoms with Crippen LogP contribution in [0.3, 0.4) is 0 Å². The SMILES string of the molecule is C#CCN(CCC)C(=O)C(C#N)(CC)CC. The van der Waals surface area contributed by atoms with E-state index in [0.29, 0.717) is 19.4 Å². The van der Waals surface area contributed by atoms with E-state index in [2.05, 4.69) is 12.0 Å². The van der Waals surface area contributed by atoms with Crippen molar-refractivity contribution in [2.24, 2.45) is 5.41 Å². The fourth-order valence-corrected chi connectivity index (χ4v) is 1.69. The molecule has 0 unspecified atom stereocenters. The molecule has 88 valence electrons. The summed E-state index contributed by atoms with van der Waals surface area (Å²) >= 11 is 0. The number of rotatable bonds is 6. The van der Waals surface area contributed by atoms with E-state index in [-0.39, 0.29) is 12.5 Å². The maximum absolute atomic E-state index is 12.2. The third-order valence-corrected chi connectivity index (χ3v) is 2.89. The number of amides is 1. The van der Waals surface area contributed by atoms with Crippen molar-refractivity contribution in [1.82, 2.24) is 4.90 Å². The molecule has 0 aliphatic heterocycles. The van der Waals surface area contributed by atoms with Crippen LogP contribution in [0.4, 0.5) is 0 Å². The molecule has 16 heavy (non-hydrogen) atoms. The van der Waals surface area contributed by atoms with E-state index < -0.39 is 5.41 Å². The van der Waals surface area contributed by atoms with Crippen LogP contribution in [0.1, 0.15) is 40.0 Å². The number of hydrogen-bond donors (Lipinski definition) is 0. The van der Waals surface area contributed by atoms with E-state index in [1.165, 1.54) is 0 Å². The molecule has 0 rings (SSSR count). The highest BCUT2D eigenvalue weighted by atomic mass is 16.2. The van der Waals surface area contributed by atoms with Crippen molar-refractivity contribution in [2.45, 2.75) is 40.0 Å². The van der Waals surface area contributed by atoms with E-state index in [1.54, 1.807) is 4.90 Å². The minimum atomic E-state index is -0.897. The predicted octanol–water partition coefficient (Wildman–Crippen LogP) is 2.19. The van der Waals surface area contributed by atoms with Crippen molar-refractivity contribution in [3.05, 3.63) is 0 Å². The molecule has 0 atom stereocenters. The first-order valence-corrected chi connectivity index (χ1v) is 5.75. The van der Waals surface area contributed by atoms with Gasteiger partial charge in [0, 0.05) is 6.54 Å². The summed E-state index contributed by atoms with van der Waals surface area (Å²) in [5.41, 5.74) is -0.897. The van der Waals surface area contributed by atoms with Gasteiger partial charge in [-0.2, -0.15) is 5.26 Å². The number of hydrogen-bond acceptors (Lipinski definition) is 2. The van der Waals surface area contributed by atoms with Gasteiger partial charge in [-0.15, -0.1) is 6.42 Å². The van der Waals surface area contributed by atoms with Crippen LogP contribution in [0.15, 0.2) is 0 Å². The Kier molecular flexibility index (Phi) is 6.27. The van der Waals surface area contributed by atoms with Gasteiger partial charge in [0.25, 0.3) is 0 Å². The lowest BCUT2D eigenvalue weighted by Gasteiger charge is -2.29. The molecule has 0 fully saturated rings. The summed E-state index contributed by atoms with van der Waals surface area (Å²) in [5.74, 6) is 2.35. The average molecular weight is 220 g/mol. The van der Waals surface area contributed by atoms with Crippen molar-refractivity contribution >= 4 is 5.91 Å². The van der Waals surface area contributed by atoms with Crippen molar-refractivity contribution in [3.8, 4) is 18.4 Å². The maximum atomic E-state index is 12.2. The summed E-state index contributed by atoms with van der Waals surface area (Å²) in [6.07, 6.45) is 7.15. The highest BCUT2D eigenvalue weighted by Crippen LogP contribution is 2.28. The topological polar surface area (TPSA) is 44.1 Å². The lowest BCUT2D eigenvalue weighted by molar-refractivity contribution is -0.138. The van der Waals surface area contributed by atoms with Crippen LogP contribution in [0.2, 0.25) is 0 Å². The Morgan fingerprint density at radius 1 is 1.38 bits per heavy atom. The number of carbonyl (C=O) groups excluding carboxylic acids is 1. The highest BCUT2D eigenvalue weighted by molar-refractivity contribution is 5.85. The van der Waals surface area contributed by atoms with Crippen LogP contribution in [-0.4, -0.2) is 23.9 Å². The van der Waals surface area contributed by atoms with Gasteiger partial charge < -0.3 is 4.90 Å². The quantitative estimate of drug-likeness (QED) is 0.644. The molecule has 0 N–H and O–H groups in total. The zero-order valence-corrected chi connectivity index (χ0v) is 10.4. The minimum Gasteiger partial charge on any atom is -0.330 e. The summed E-state index contributed by atoms with van der Waals surface area (Å²) < 4.78 is 0. The Morgan fingerprint density at radius 3 is 2.25 bits per heavy atom. The van der Waals surface area contributed by atoms with Crippen molar-refractivity contribution in [3.63, 3.8) is 0 Å². The first-order chi connectivity index (χ1) is 7.61. The van der Waals surface area contributed by atoms with E-state index in [1.807, 2.05) is 20.8 Å². The molecule has 3 heteroatoms. The molecule has 0 saturated heterocycles. The van der Waals surface area contributed by atoms with Gasteiger partial charge in [0.1, 0.15) is 5.41 Å². The second kappa shape index (κ2) is 6.90. The second-order valence-corrected chi connectivity index (χ2v) is 3.83. The summed E-state index contributed by atoms with van der Waals surface area (Å²) in [5, 5.41) is 9.18. The van der Waals surface area contributed by atoms with Crippen molar-refractivity contribution in [1.29, 1.82) is 5.26 Å². The van der Waals surface area contributed by atoms with Crippen molar-refractivity contribution < 1.29 is 4.79 Å². The molecule has 1 amide bonds. The molecule has 0 radical (unpaired) electrons. The van der Waals surface area contributed by atoms with Gasteiger partial charge in [-0.1, -0.05) is 26.7 Å². The normalized spacial score (nSPS) is 10.3. The number of nitriles is 1. The summed E-state index contributed by atoms with van der Waals surface area (Å²) in [4.78, 5) is 13.9. The standard InChI is InChI=1S/C13H20N2O/c1-5-9-15(10-6-2)12(16)13(7-3,8-4)11-14/h1H,6-10H2,2-4H3. The second-order valence-electron chi connectivity index (χ2n) is 3.83. The molecule has 0 aromatic carbocycles. The fourth-order valence-electron chi connectivity index (χ4n) is 1.69. The van der Waals surface area contributed by atoms with Gasteiger partial charge in [-0.05, 0) is 19.3 Å². The summed E-state index contributed by atoms with van der Waals surface area (Å²) in [6.45, 7) is 6.63. The van der Waals surface area contributed by atoms with Crippen LogP contribution in [0, 0.1) is 29.1 Å². The Hall–Kier alpha value is -1.48. The third-order valence-electron chi connectivity index (χ3n) is 2.89. The van der Waals surface area contributed by atoms with Gasteiger partial charge in [0.2, 0.25) is 5.91 Å². The number of nitrogens with zero attached hydrogens (tertiary/aromatic N) is 2. The molecule has 0 aliphatic rings. The lowest BCUT2D eigenvalue weighted by Crippen LogP contribution is -2.43. The third kappa shape index (κ3) is 3.00. The Labute approximate surface area is 98.4 Å². The van der Waals surface area contributed by atoms with Crippen LogP contribution in [0.5, 0.6) is 0 Å². The van der Waals surface area contributed by atoms with E-state index in [0.717, 1.165) is 6.42 Å². The monoisotopic (exact) mass is 220 g/mol. The first kappa shape index (κ1) is 14.5. The molecule has 0 bridgehead atoms. The minimum absolute atomic E-state index is 0.125. The molecule has 0 saturated carbocycles. The predicted molar refractivity (Wildman–Crippen MR) is 64.3 cm³/mol. The van der Waals surface area contributed by atoms with Crippen molar-refractivity contribution in [2.75, 3.05) is 13.1 Å². The van der Waals surface area contributed by atoms with Crippen LogP contribution in [-0.2, 0) is 4.79 Å². The van der Waals surface area contributed by atoms with Crippen LogP contribution < -0.4 is 0 Å². The number of carbonyl (C=O) groups is 1. The summed E-state index contributed by atoms with van der Waals surface area (Å²) in [6, 6.07) is 2.15. The fraction of sp³-hybridized carbons (Fsp3) is 0.692. The highest BCUT2D eigenvalue weighted by Gasteiger charge is 2.37. The maximum Gasteiger partial charge on any atom is 0.243 e. The van der Waals surface area contributed by atoms with E-state index >= 15 is 0 Å². The molecule has 0 heterocycles. The zero-order chi connectivity index (χ0) is 12.6. The molecule has 3 nitrogen and oxygen atoms in total. The summed E-state index contributed by atoms with van der Waals surface area (Å²) in [7, 11) is 0. The van der Waals surface area contributed by atoms with E-state index in [4.69, 9.17) is 6.42 Å². The molecule has 0 aromatic heterocycles. The Balaban J connectivity index is 4.97. The molecule has 0 aromatic rings. The molecular formula is C13H20N2O. The number of terminal acetylenes is 1. The molecular weight excluding hydrogens is 200 g/mol. The smallest absolute Gasteiger partial charge is 0.243 e. The first-order valence-electron chi connectivity index (χ1n) is 5.75. The van der Waals surface area contributed by atoms with Gasteiger partial charge >= 0.3 is 0 Å². The lowest BCUT2D eigenvalue weighted by atomic mass is 9.82. The van der Waals surface area contributed by atoms with Crippen LogP contribution >= 0.6 is 0 Å². The molecule has 0 aliphatic carbocycles. The Bertz CT molecular complexity index is 305. The van der Waals surface area contributed by atoms with Gasteiger partial charge in [-0.3, -0.25) is 4.79 Å². The van der Waals surface area contributed by atoms with Gasteiger partial charge in [-0.25, -0.2) is 0 Å². The largest absolute Gasteiger partial charge is 0.330 e. The van der Waals surface area contributed by atoms with Crippen LogP contribution in [0.25, 0.3) is 0 Å². The average Bonchev–Trinajstić information content (AvgIpc) is 2.31. The molecule has 0 spiro atoms. The Morgan fingerprint density at radius 2 is 1.94 bits per heavy atom. The van der Waals surface area contributed by atoms with Gasteiger partial charge in [0.05, 0.1) is 12.6 Å².